The van der Waals surface area contributed by atoms with Crippen molar-refractivity contribution in [2.24, 2.45) is 0 Å². The third kappa shape index (κ3) is 4.25. The molecular formula is C27H25F3O. The minimum Gasteiger partial charge on any atom is -0.450 e. The first-order chi connectivity index (χ1) is 15.0. The van der Waals surface area contributed by atoms with Crippen LogP contribution in [0.2, 0.25) is 0 Å². The zero-order valence-electron chi connectivity index (χ0n) is 17.8. The van der Waals surface area contributed by atoms with E-state index in [4.69, 9.17) is 4.74 Å². The Balaban J connectivity index is 1.64. The SMILES string of the molecule is CCCc1ccc(/C=C/c2cc3c(c(F)c2F)Oc2c(ccc(CCC)c2F)C3)cc1. The van der Waals surface area contributed by atoms with Crippen LogP contribution in [0.5, 0.6) is 11.5 Å². The molecule has 1 heterocycles. The van der Waals surface area contributed by atoms with E-state index in [2.05, 4.69) is 6.92 Å². The Hall–Kier alpha value is -3.01. The van der Waals surface area contributed by atoms with Crippen molar-refractivity contribution in [3.8, 4) is 11.5 Å². The van der Waals surface area contributed by atoms with Gasteiger partial charge in [0.05, 0.1) is 0 Å². The Kier molecular flexibility index (Phi) is 6.17. The fraction of sp³-hybridized carbons (Fsp3) is 0.259. The number of benzene rings is 3. The summed E-state index contributed by atoms with van der Waals surface area (Å²) in [6.07, 6.45) is 7.04. The lowest BCUT2D eigenvalue weighted by Gasteiger charge is -2.23. The van der Waals surface area contributed by atoms with Gasteiger partial charge in [0, 0.05) is 23.1 Å². The van der Waals surface area contributed by atoms with E-state index in [0.717, 1.165) is 24.8 Å². The molecule has 3 aromatic rings. The second kappa shape index (κ2) is 9.01. The maximum Gasteiger partial charge on any atom is 0.202 e. The molecule has 0 aromatic heterocycles. The summed E-state index contributed by atoms with van der Waals surface area (Å²) < 4.78 is 49.9. The molecule has 0 unspecified atom stereocenters. The van der Waals surface area contributed by atoms with Gasteiger partial charge in [0.25, 0.3) is 0 Å². The highest BCUT2D eigenvalue weighted by Gasteiger charge is 2.27. The molecule has 0 N–H and O–H groups in total. The quantitative estimate of drug-likeness (QED) is 0.287. The van der Waals surface area contributed by atoms with E-state index in [0.29, 0.717) is 23.1 Å². The molecule has 0 saturated carbocycles. The Labute approximate surface area is 181 Å². The topological polar surface area (TPSA) is 9.23 Å². The highest BCUT2D eigenvalue weighted by Crippen LogP contribution is 2.42. The zero-order chi connectivity index (χ0) is 22.0. The van der Waals surface area contributed by atoms with Crippen LogP contribution in [0.15, 0.2) is 42.5 Å². The van der Waals surface area contributed by atoms with Gasteiger partial charge in [-0.2, -0.15) is 4.39 Å². The molecule has 0 amide bonds. The molecule has 0 spiro atoms. The third-order valence-electron chi connectivity index (χ3n) is 5.60. The molecular weight excluding hydrogens is 397 g/mol. The number of halogens is 3. The molecule has 1 aliphatic rings. The Morgan fingerprint density at radius 1 is 0.774 bits per heavy atom. The summed E-state index contributed by atoms with van der Waals surface area (Å²) in [4.78, 5) is 0. The lowest BCUT2D eigenvalue weighted by Crippen LogP contribution is -2.10. The van der Waals surface area contributed by atoms with E-state index >= 15 is 0 Å². The van der Waals surface area contributed by atoms with Crippen molar-refractivity contribution in [1.29, 1.82) is 0 Å². The third-order valence-corrected chi connectivity index (χ3v) is 5.60. The fourth-order valence-corrected chi connectivity index (χ4v) is 3.97. The predicted molar refractivity (Wildman–Crippen MR) is 119 cm³/mol. The average Bonchev–Trinajstić information content (AvgIpc) is 2.78. The minimum absolute atomic E-state index is 0.00668. The zero-order valence-corrected chi connectivity index (χ0v) is 17.8. The van der Waals surface area contributed by atoms with Crippen LogP contribution in [0.3, 0.4) is 0 Å². The molecule has 0 aliphatic carbocycles. The summed E-state index contributed by atoms with van der Waals surface area (Å²) in [5.74, 6) is -2.78. The highest BCUT2D eigenvalue weighted by molar-refractivity contribution is 5.71. The molecule has 4 heteroatoms. The number of hydrogen-bond donors (Lipinski definition) is 0. The van der Waals surface area contributed by atoms with Crippen molar-refractivity contribution >= 4 is 12.2 Å². The van der Waals surface area contributed by atoms with Crippen molar-refractivity contribution in [3.05, 3.63) is 93.3 Å². The van der Waals surface area contributed by atoms with Crippen molar-refractivity contribution in [1.82, 2.24) is 0 Å². The van der Waals surface area contributed by atoms with Crippen LogP contribution < -0.4 is 4.74 Å². The number of rotatable bonds is 6. The monoisotopic (exact) mass is 422 g/mol. The molecule has 0 atom stereocenters. The van der Waals surface area contributed by atoms with Crippen LogP contribution in [-0.2, 0) is 19.3 Å². The molecule has 4 rings (SSSR count). The van der Waals surface area contributed by atoms with E-state index in [1.54, 1.807) is 30.4 Å². The van der Waals surface area contributed by atoms with Crippen LogP contribution in [0.1, 0.15) is 60.1 Å². The van der Waals surface area contributed by atoms with Crippen LogP contribution in [0.25, 0.3) is 12.2 Å². The van der Waals surface area contributed by atoms with Crippen molar-refractivity contribution in [2.45, 2.75) is 46.0 Å². The minimum atomic E-state index is -1.08. The molecule has 0 bridgehead atoms. The maximum atomic E-state index is 14.8. The molecule has 31 heavy (non-hydrogen) atoms. The number of hydrogen-bond acceptors (Lipinski definition) is 1. The molecule has 160 valence electrons. The van der Waals surface area contributed by atoms with Crippen LogP contribution >= 0.6 is 0 Å². The van der Waals surface area contributed by atoms with Crippen molar-refractivity contribution < 1.29 is 17.9 Å². The van der Waals surface area contributed by atoms with Gasteiger partial charge >= 0.3 is 0 Å². The summed E-state index contributed by atoms with van der Waals surface area (Å²) in [5.41, 5.74) is 3.96. The maximum absolute atomic E-state index is 14.8. The number of ether oxygens (including phenoxy) is 1. The van der Waals surface area contributed by atoms with Gasteiger partial charge in [0.1, 0.15) is 0 Å². The first kappa shape index (κ1) is 21.2. The fourth-order valence-electron chi connectivity index (χ4n) is 3.97. The van der Waals surface area contributed by atoms with E-state index in [9.17, 15) is 13.2 Å². The standard InChI is InChI=1S/C27H25F3O/c1-3-5-17-7-9-18(10-8-17)11-12-20-15-22-16-21-14-13-19(6-4-2)24(29)26(21)31-27(22)25(30)23(20)28/h7-15H,3-6,16H2,1-2H3/b12-11+. The second-order valence-electron chi connectivity index (χ2n) is 7.96. The summed E-state index contributed by atoms with van der Waals surface area (Å²) >= 11 is 0. The lowest BCUT2D eigenvalue weighted by molar-refractivity contribution is 0.379. The van der Waals surface area contributed by atoms with Crippen molar-refractivity contribution in [2.75, 3.05) is 0 Å². The Morgan fingerprint density at radius 2 is 1.48 bits per heavy atom. The first-order valence-corrected chi connectivity index (χ1v) is 10.8. The molecule has 0 fully saturated rings. The van der Waals surface area contributed by atoms with Gasteiger partial charge in [-0.05, 0) is 35.6 Å². The Bertz CT molecular complexity index is 1130. The molecule has 3 aromatic carbocycles. The van der Waals surface area contributed by atoms with Gasteiger partial charge in [0.15, 0.2) is 23.1 Å². The Morgan fingerprint density at radius 3 is 2.19 bits per heavy atom. The van der Waals surface area contributed by atoms with Crippen LogP contribution in [-0.4, -0.2) is 0 Å². The van der Waals surface area contributed by atoms with Gasteiger partial charge in [-0.3, -0.25) is 0 Å². The van der Waals surface area contributed by atoms with Crippen LogP contribution in [0, 0.1) is 17.5 Å². The van der Waals surface area contributed by atoms with Gasteiger partial charge in [-0.1, -0.05) is 75.2 Å². The van der Waals surface area contributed by atoms with E-state index in [-0.39, 0.29) is 23.5 Å². The highest BCUT2D eigenvalue weighted by atomic mass is 19.2. The average molecular weight is 422 g/mol. The van der Waals surface area contributed by atoms with Gasteiger partial charge < -0.3 is 4.74 Å². The molecule has 1 aliphatic heterocycles. The molecule has 0 saturated heterocycles. The largest absolute Gasteiger partial charge is 0.450 e. The van der Waals surface area contributed by atoms with E-state index < -0.39 is 17.5 Å². The lowest BCUT2D eigenvalue weighted by atomic mass is 9.95. The smallest absolute Gasteiger partial charge is 0.202 e. The normalized spacial score (nSPS) is 12.5. The van der Waals surface area contributed by atoms with E-state index in [1.807, 2.05) is 31.2 Å². The second-order valence-corrected chi connectivity index (χ2v) is 7.96. The van der Waals surface area contributed by atoms with Gasteiger partial charge in [0.2, 0.25) is 5.82 Å². The summed E-state index contributed by atoms with van der Waals surface area (Å²) in [7, 11) is 0. The number of aryl methyl sites for hydroxylation is 2. The molecule has 1 nitrogen and oxygen atoms in total. The molecule has 0 radical (unpaired) electrons. The number of fused-ring (bicyclic) bond motifs is 2. The summed E-state index contributed by atoms with van der Waals surface area (Å²) in [6, 6.07) is 13.1. The first-order valence-electron chi connectivity index (χ1n) is 10.8. The van der Waals surface area contributed by atoms with E-state index in [1.165, 1.54) is 5.56 Å². The van der Waals surface area contributed by atoms with Crippen molar-refractivity contribution in [3.63, 3.8) is 0 Å². The van der Waals surface area contributed by atoms with Crippen LogP contribution in [0.4, 0.5) is 13.2 Å². The summed E-state index contributed by atoms with van der Waals surface area (Å²) in [5, 5.41) is 0. The van der Waals surface area contributed by atoms with Gasteiger partial charge in [-0.25, -0.2) is 8.78 Å². The summed E-state index contributed by atoms with van der Waals surface area (Å²) in [6.45, 7) is 4.08. The predicted octanol–water partition coefficient (Wildman–Crippen LogP) is 7.88. The van der Waals surface area contributed by atoms with Gasteiger partial charge in [-0.15, -0.1) is 0 Å².